The fourth-order valence-corrected chi connectivity index (χ4v) is 8.52. The van der Waals surface area contributed by atoms with Crippen molar-refractivity contribution in [1.82, 2.24) is 39.0 Å². The highest BCUT2D eigenvalue weighted by Crippen LogP contribution is 2.59. The zero-order valence-electron chi connectivity index (χ0n) is 22.9. The van der Waals surface area contributed by atoms with Gasteiger partial charge in [-0.2, -0.15) is 4.98 Å². The Morgan fingerprint density at radius 3 is 2.49 bits per heavy atom. The van der Waals surface area contributed by atoms with E-state index >= 15 is 4.39 Å². The molecule has 10 atom stereocenters. The first-order valence-corrected chi connectivity index (χ1v) is 18.5. The fourth-order valence-electron chi connectivity index (χ4n) is 5.55. The van der Waals surface area contributed by atoms with Crippen LogP contribution in [-0.2, 0) is 43.9 Å². The molecule has 242 valence electrons. The van der Waals surface area contributed by atoms with Crippen LogP contribution in [0.25, 0.3) is 22.3 Å². The van der Waals surface area contributed by atoms with E-state index in [0.29, 0.717) is 11.2 Å². The summed E-state index contributed by atoms with van der Waals surface area (Å²) >= 11 is 9.37. The maximum atomic E-state index is 15.9. The van der Waals surface area contributed by atoms with Gasteiger partial charge in [-0.25, -0.2) is 28.9 Å². The van der Waals surface area contributed by atoms with Crippen LogP contribution in [0, 0.1) is 5.92 Å². The molecule has 7 heterocycles. The number of aromatic nitrogens is 8. The minimum atomic E-state index is -4.37. The molecule has 0 amide bonds. The number of ether oxygens (including phenoxy) is 2. The summed E-state index contributed by atoms with van der Waals surface area (Å²) in [5.74, 6) is -0.614. The number of nitrogens with zero attached hydrogens (tertiary/aromatic N) is 7. The number of H-pyrrole nitrogens is 1. The molecule has 0 aliphatic carbocycles. The smallest absolute Gasteiger partial charge is 0.382 e. The Morgan fingerprint density at radius 1 is 1.02 bits per heavy atom. The number of nitrogens with two attached hydrogens (primary N) is 2. The van der Waals surface area contributed by atoms with Crippen LogP contribution in [0.15, 0.2) is 23.8 Å². The van der Waals surface area contributed by atoms with Crippen molar-refractivity contribution in [3.63, 3.8) is 0 Å². The van der Waals surface area contributed by atoms with Gasteiger partial charge in [-0.05, 0) is 11.8 Å². The average Bonchev–Trinajstić information content (AvgIpc) is 3.72. The van der Waals surface area contributed by atoms with E-state index in [1.165, 1.54) is 17.2 Å². The number of alkyl halides is 1. The predicted molar refractivity (Wildman–Crippen MR) is 159 cm³/mol. The van der Waals surface area contributed by atoms with Gasteiger partial charge in [0.1, 0.15) is 42.5 Å². The number of hydrogen-bond donors (Lipinski definition) is 5. The molecule has 2 bridgehead atoms. The van der Waals surface area contributed by atoms with Crippen molar-refractivity contribution in [2.45, 2.75) is 50.0 Å². The molecule has 0 spiro atoms. The molecule has 19 nitrogen and oxygen atoms in total. The minimum Gasteiger partial charge on any atom is -0.382 e. The molecule has 4 aromatic rings. The van der Waals surface area contributed by atoms with Gasteiger partial charge in [0.05, 0.1) is 25.9 Å². The number of aromatic amines is 1. The molecular weight excluding hydrogens is 681 g/mol. The van der Waals surface area contributed by atoms with Gasteiger partial charge >= 0.3 is 13.5 Å². The van der Waals surface area contributed by atoms with Crippen LogP contribution in [0.2, 0.25) is 0 Å². The fraction of sp³-hybridized carbons (Fsp3) is 0.524. The number of rotatable bonds is 2. The number of fused-ring (bicyclic) bond motifs is 5. The van der Waals surface area contributed by atoms with Crippen LogP contribution in [0.1, 0.15) is 19.4 Å². The van der Waals surface area contributed by atoms with Crippen molar-refractivity contribution in [3.8, 4) is 0 Å². The van der Waals surface area contributed by atoms with Crippen LogP contribution >= 0.6 is 25.8 Å². The van der Waals surface area contributed by atoms with Gasteiger partial charge in [0.25, 0.3) is 5.56 Å². The Bertz CT molecular complexity index is 1950. The third kappa shape index (κ3) is 5.57. The van der Waals surface area contributed by atoms with Crippen molar-refractivity contribution in [2.24, 2.45) is 5.92 Å². The number of anilines is 2. The molecular formula is C21H25FN10O9P2S2. The topological polar surface area (TPSA) is 252 Å². The Morgan fingerprint density at radius 2 is 1.71 bits per heavy atom. The number of hydrogen-bond acceptors (Lipinski definition) is 16. The number of nitrogens with one attached hydrogen (secondary N) is 1. The summed E-state index contributed by atoms with van der Waals surface area (Å²) < 4.78 is 67.0. The molecule has 24 heteroatoms. The van der Waals surface area contributed by atoms with Crippen molar-refractivity contribution in [3.05, 3.63) is 29.3 Å². The quantitative estimate of drug-likeness (QED) is 0.144. The molecule has 3 saturated heterocycles. The minimum absolute atomic E-state index is 0.0588. The lowest BCUT2D eigenvalue weighted by Gasteiger charge is -2.27. The second kappa shape index (κ2) is 11.3. The Hall–Kier alpha value is -2.62. The largest absolute Gasteiger partial charge is 0.386 e. The van der Waals surface area contributed by atoms with Gasteiger partial charge in [0.15, 0.2) is 35.0 Å². The molecule has 3 unspecified atom stereocenters. The van der Waals surface area contributed by atoms with Crippen molar-refractivity contribution in [2.75, 3.05) is 24.7 Å². The van der Waals surface area contributed by atoms with Gasteiger partial charge in [-0.1, -0.05) is 19.2 Å². The Balaban J connectivity index is 1.21. The number of nitrogen functional groups attached to an aromatic ring is 2. The summed E-state index contributed by atoms with van der Waals surface area (Å²) in [5.41, 5.74) is 11.5. The lowest BCUT2D eigenvalue weighted by molar-refractivity contribution is -0.0577. The van der Waals surface area contributed by atoms with Crippen LogP contribution < -0.4 is 17.0 Å². The molecule has 4 aromatic heterocycles. The van der Waals surface area contributed by atoms with E-state index in [1.807, 2.05) is 0 Å². The second-order valence-corrected chi connectivity index (χ2v) is 16.1. The first kappa shape index (κ1) is 31.0. The van der Waals surface area contributed by atoms with E-state index in [2.05, 4.69) is 42.2 Å². The van der Waals surface area contributed by atoms with E-state index in [0.717, 1.165) is 6.33 Å². The lowest BCUT2D eigenvalue weighted by atomic mass is 10.0. The predicted octanol–water partition coefficient (Wildman–Crippen LogP) is 0.965. The number of halogens is 1. The van der Waals surface area contributed by atoms with Gasteiger partial charge in [-0.15, -0.1) is 0 Å². The molecule has 0 saturated carbocycles. The molecule has 7 rings (SSSR count). The molecule has 3 aliphatic rings. The lowest BCUT2D eigenvalue weighted by Crippen LogP contribution is -2.32. The first-order valence-electron chi connectivity index (χ1n) is 13.2. The van der Waals surface area contributed by atoms with Gasteiger partial charge in [-0.3, -0.25) is 28.0 Å². The highest BCUT2D eigenvalue weighted by molar-refractivity contribution is 8.44. The number of imidazole rings is 2. The SMILES string of the molecule is C[C@@H]1[C@@H]2OP(O)(=S)OCC3O[C@@H](n4cnc5c(=O)[nH]c(N)nc54)[C@H](OP(=O)(S)OC[C@H]2O[C@H]1n1cnc2c(N)ncnc21)[C@@H]3F. The molecule has 0 radical (unpaired) electrons. The molecule has 45 heavy (non-hydrogen) atoms. The molecule has 6 N–H and O–H groups in total. The van der Waals surface area contributed by atoms with Crippen molar-refractivity contribution in [1.29, 1.82) is 0 Å². The zero-order chi connectivity index (χ0) is 31.8. The Kier molecular flexibility index (Phi) is 7.76. The Labute approximate surface area is 261 Å². The van der Waals surface area contributed by atoms with Gasteiger partial charge in [0, 0.05) is 5.92 Å². The maximum absolute atomic E-state index is 15.9. The van der Waals surface area contributed by atoms with E-state index < -0.39 is 81.3 Å². The molecule has 0 aromatic carbocycles. The van der Waals surface area contributed by atoms with Crippen LogP contribution in [0.5, 0.6) is 0 Å². The van der Waals surface area contributed by atoms with Gasteiger partial charge < -0.3 is 34.9 Å². The summed E-state index contributed by atoms with van der Waals surface area (Å²) in [4.78, 5) is 46.2. The average molecular weight is 707 g/mol. The number of thiol groups is 1. The standard InChI is InChI=1S/C21H25FN10O9P2S2/c1-7-13-9(39-19(7)31-5-27-11-15(23)25-4-26-16(11)31)3-37-43(35,45)41-14-10(22)8(2-36-42(34,44)40-13)38-20(14)32-6-28-12-17(32)29-21(24)30-18(12)33/h4-10,13-14,19-20H,2-3H2,1H3,(H,34,44)(H,35,45)(H2,23,25,26)(H3,24,29,30,33)/t7-,8?,9-,10-,13+,14-,19-,20-,42?,43?/m1/s1. The van der Waals surface area contributed by atoms with Gasteiger partial charge in [0.2, 0.25) is 5.95 Å². The summed E-state index contributed by atoms with van der Waals surface area (Å²) in [5, 5.41) is 0. The van der Waals surface area contributed by atoms with E-state index in [4.69, 9.17) is 50.8 Å². The van der Waals surface area contributed by atoms with E-state index in [-0.39, 0.29) is 22.9 Å². The van der Waals surface area contributed by atoms with Crippen LogP contribution in [0.4, 0.5) is 16.2 Å². The summed E-state index contributed by atoms with van der Waals surface area (Å²) in [7, 11) is 0. The molecule has 3 aliphatic heterocycles. The third-order valence-corrected chi connectivity index (χ3v) is 10.8. The highest BCUT2D eigenvalue weighted by atomic mass is 32.7. The monoisotopic (exact) mass is 706 g/mol. The summed E-state index contributed by atoms with van der Waals surface area (Å²) in [6.45, 7) is -7.74. The summed E-state index contributed by atoms with van der Waals surface area (Å²) in [6, 6.07) is 0. The normalized spacial score (nSPS) is 37.7. The van der Waals surface area contributed by atoms with Crippen LogP contribution in [0.3, 0.4) is 0 Å². The van der Waals surface area contributed by atoms with Crippen molar-refractivity contribution < 1.29 is 41.4 Å². The zero-order valence-corrected chi connectivity index (χ0v) is 26.4. The molecule has 3 fully saturated rings. The van der Waals surface area contributed by atoms with Crippen LogP contribution in [-0.4, -0.2) is 87.7 Å². The maximum Gasteiger partial charge on any atom is 0.386 e. The highest BCUT2D eigenvalue weighted by Gasteiger charge is 2.53. The second-order valence-electron chi connectivity index (χ2n) is 10.5. The van der Waals surface area contributed by atoms with Crippen molar-refractivity contribution >= 4 is 71.7 Å². The summed E-state index contributed by atoms with van der Waals surface area (Å²) in [6.07, 6.45) is -5.37. The van der Waals surface area contributed by atoms with E-state index in [1.54, 1.807) is 11.5 Å². The third-order valence-electron chi connectivity index (χ3n) is 7.61. The van der Waals surface area contributed by atoms with E-state index in [9.17, 15) is 14.3 Å². The first-order chi connectivity index (χ1) is 21.3.